The summed E-state index contributed by atoms with van der Waals surface area (Å²) in [6.45, 7) is 3.66. The van der Waals surface area contributed by atoms with Crippen molar-refractivity contribution in [1.82, 2.24) is 0 Å². The van der Waals surface area contributed by atoms with Crippen molar-refractivity contribution in [2.45, 2.75) is 25.9 Å². The molecule has 0 aromatic heterocycles. The van der Waals surface area contributed by atoms with Crippen LogP contribution in [0.2, 0.25) is 0 Å². The van der Waals surface area contributed by atoms with Crippen molar-refractivity contribution in [3.05, 3.63) is 34.9 Å². The topological polar surface area (TPSA) is 63.6 Å². The molecule has 16 heavy (non-hydrogen) atoms. The van der Waals surface area contributed by atoms with Crippen molar-refractivity contribution < 1.29 is 19.4 Å². The second-order valence-electron chi connectivity index (χ2n) is 4.50. The van der Waals surface area contributed by atoms with Crippen LogP contribution in [-0.4, -0.2) is 22.6 Å². The fourth-order valence-electron chi connectivity index (χ4n) is 1.85. The van der Waals surface area contributed by atoms with E-state index < -0.39 is 17.5 Å². The van der Waals surface area contributed by atoms with Crippen LogP contribution in [-0.2, 0) is 11.2 Å². The lowest BCUT2D eigenvalue weighted by Gasteiger charge is -2.31. The summed E-state index contributed by atoms with van der Waals surface area (Å²) in [4.78, 5) is 22.4. The molecule has 1 N–H and O–H groups in total. The van der Waals surface area contributed by atoms with E-state index in [0.717, 1.165) is 5.56 Å². The van der Waals surface area contributed by atoms with Crippen LogP contribution >= 0.6 is 0 Å². The molecule has 0 spiro atoms. The van der Waals surface area contributed by atoms with E-state index >= 15 is 0 Å². The number of carboxylic acid groups (broad SMARTS) is 1. The quantitative estimate of drug-likeness (QED) is 0.734. The van der Waals surface area contributed by atoms with Crippen molar-refractivity contribution >= 4 is 11.9 Å². The van der Waals surface area contributed by atoms with Gasteiger partial charge in [-0.15, -0.1) is 0 Å². The van der Waals surface area contributed by atoms with E-state index in [2.05, 4.69) is 0 Å². The van der Waals surface area contributed by atoms with Crippen LogP contribution in [0.25, 0.3) is 0 Å². The maximum absolute atomic E-state index is 11.7. The predicted octanol–water partition coefficient (Wildman–Crippen LogP) is 1.88. The fraction of sp³-hybridized carbons (Fsp3) is 0.333. The van der Waals surface area contributed by atoms with E-state index in [1.165, 1.54) is 12.1 Å². The van der Waals surface area contributed by atoms with E-state index in [-0.39, 0.29) is 5.56 Å². The van der Waals surface area contributed by atoms with E-state index in [0.29, 0.717) is 12.0 Å². The van der Waals surface area contributed by atoms with Crippen LogP contribution in [0.1, 0.15) is 40.1 Å². The number of ether oxygens (including phenoxy) is 1. The Morgan fingerprint density at radius 3 is 2.75 bits per heavy atom. The third-order valence-corrected chi connectivity index (χ3v) is 2.56. The van der Waals surface area contributed by atoms with Gasteiger partial charge in [0, 0.05) is 6.42 Å². The molecule has 1 heterocycles. The highest BCUT2D eigenvalue weighted by Gasteiger charge is 2.32. The molecule has 84 valence electrons. The van der Waals surface area contributed by atoms with Crippen LogP contribution in [0.3, 0.4) is 0 Å². The molecule has 4 nitrogen and oxygen atoms in total. The smallest absolute Gasteiger partial charge is 0.338 e. The van der Waals surface area contributed by atoms with Crippen molar-refractivity contribution in [3.63, 3.8) is 0 Å². The van der Waals surface area contributed by atoms with Crippen LogP contribution < -0.4 is 0 Å². The lowest BCUT2D eigenvalue weighted by molar-refractivity contribution is -0.00647. The van der Waals surface area contributed by atoms with Crippen LogP contribution in [0.4, 0.5) is 0 Å². The average Bonchev–Trinajstić information content (AvgIpc) is 2.15. The van der Waals surface area contributed by atoms with Crippen molar-refractivity contribution in [1.29, 1.82) is 0 Å². The molecule has 1 aromatic rings. The molecule has 0 aliphatic carbocycles. The molecule has 0 saturated carbocycles. The Hall–Kier alpha value is -1.84. The van der Waals surface area contributed by atoms with Gasteiger partial charge < -0.3 is 9.84 Å². The van der Waals surface area contributed by atoms with Gasteiger partial charge in [0.15, 0.2) is 0 Å². The van der Waals surface area contributed by atoms with E-state index in [1.54, 1.807) is 6.07 Å². The van der Waals surface area contributed by atoms with Gasteiger partial charge in [-0.2, -0.15) is 0 Å². The van der Waals surface area contributed by atoms with Crippen molar-refractivity contribution in [3.8, 4) is 0 Å². The van der Waals surface area contributed by atoms with Gasteiger partial charge in [0.2, 0.25) is 0 Å². The molecule has 4 heteroatoms. The normalized spacial score (nSPS) is 17.5. The Bertz CT molecular complexity index is 474. The van der Waals surface area contributed by atoms with E-state index in [4.69, 9.17) is 9.84 Å². The lowest BCUT2D eigenvalue weighted by atomic mass is 9.90. The number of benzene rings is 1. The maximum atomic E-state index is 11.7. The Kier molecular flexibility index (Phi) is 2.22. The summed E-state index contributed by atoms with van der Waals surface area (Å²) in [5.41, 5.74) is 0.787. The number of aromatic carboxylic acids is 1. The van der Waals surface area contributed by atoms with Gasteiger partial charge in [-0.3, -0.25) is 0 Å². The molecule has 0 saturated heterocycles. The van der Waals surface area contributed by atoms with Gasteiger partial charge in [-0.1, -0.05) is 6.07 Å². The van der Waals surface area contributed by atoms with Crippen molar-refractivity contribution in [2.75, 3.05) is 0 Å². The fourth-order valence-corrected chi connectivity index (χ4v) is 1.85. The zero-order valence-electron chi connectivity index (χ0n) is 9.11. The summed E-state index contributed by atoms with van der Waals surface area (Å²) in [7, 11) is 0. The lowest BCUT2D eigenvalue weighted by Crippen LogP contribution is -2.36. The first kappa shape index (κ1) is 10.7. The number of hydrogen-bond donors (Lipinski definition) is 1. The minimum Gasteiger partial charge on any atom is -0.478 e. The average molecular weight is 220 g/mol. The molecule has 0 bridgehead atoms. The highest BCUT2D eigenvalue weighted by molar-refractivity contribution is 5.96. The molecule has 0 amide bonds. The Morgan fingerprint density at radius 2 is 2.12 bits per heavy atom. The summed E-state index contributed by atoms with van der Waals surface area (Å²) in [6, 6.07) is 4.56. The zero-order valence-corrected chi connectivity index (χ0v) is 9.11. The SMILES string of the molecule is CC1(C)Cc2ccc(C(=O)O)cc2C(=O)O1. The second-order valence-corrected chi connectivity index (χ2v) is 4.50. The zero-order chi connectivity index (χ0) is 11.9. The molecule has 0 radical (unpaired) electrons. The van der Waals surface area contributed by atoms with Crippen LogP contribution in [0.15, 0.2) is 18.2 Å². The van der Waals surface area contributed by atoms with Gasteiger partial charge in [-0.25, -0.2) is 9.59 Å². The maximum Gasteiger partial charge on any atom is 0.338 e. The summed E-state index contributed by atoms with van der Waals surface area (Å²) < 4.78 is 5.20. The summed E-state index contributed by atoms with van der Waals surface area (Å²) >= 11 is 0. The first-order chi connectivity index (χ1) is 7.39. The number of carbonyl (C=O) groups excluding carboxylic acids is 1. The summed E-state index contributed by atoms with van der Waals surface area (Å²) in [5.74, 6) is -1.49. The molecule has 1 aliphatic heterocycles. The summed E-state index contributed by atoms with van der Waals surface area (Å²) in [5, 5.41) is 8.82. The van der Waals surface area contributed by atoms with Crippen molar-refractivity contribution in [2.24, 2.45) is 0 Å². The third kappa shape index (κ3) is 1.78. The van der Waals surface area contributed by atoms with Crippen LogP contribution in [0, 0.1) is 0 Å². The molecule has 0 fully saturated rings. The van der Waals surface area contributed by atoms with Crippen LogP contribution in [0.5, 0.6) is 0 Å². The Labute approximate surface area is 92.8 Å². The standard InChI is InChI=1S/C12H12O4/c1-12(2)6-8-4-3-7(10(13)14)5-9(8)11(15)16-12/h3-5H,6H2,1-2H3,(H,13,14). The number of esters is 1. The largest absolute Gasteiger partial charge is 0.478 e. The predicted molar refractivity (Wildman–Crippen MR) is 56.6 cm³/mol. The third-order valence-electron chi connectivity index (χ3n) is 2.56. The van der Waals surface area contributed by atoms with Gasteiger partial charge in [-0.05, 0) is 31.5 Å². The highest BCUT2D eigenvalue weighted by atomic mass is 16.6. The van der Waals surface area contributed by atoms with E-state index in [9.17, 15) is 9.59 Å². The van der Waals surface area contributed by atoms with Gasteiger partial charge in [0.1, 0.15) is 5.60 Å². The van der Waals surface area contributed by atoms with Gasteiger partial charge in [0.05, 0.1) is 11.1 Å². The molecule has 1 aromatic carbocycles. The molecular weight excluding hydrogens is 208 g/mol. The molecular formula is C12H12O4. The number of cyclic esters (lactones) is 1. The number of carboxylic acids is 1. The summed E-state index contributed by atoms with van der Waals surface area (Å²) in [6.07, 6.45) is 0.605. The number of fused-ring (bicyclic) bond motifs is 1. The Balaban J connectivity index is 2.49. The first-order valence-electron chi connectivity index (χ1n) is 4.99. The second kappa shape index (κ2) is 3.33. The minimum atomic E-state index is -1.04. The molecule has 0 atom stereocenters. The monoisotopic (exact) mass is 220 g/mol. The van der Waals surface area contributed by atoms with Gasteiger partial charge >= 0.3 is 11.9 Å². The number of hydrogen-bond acceptors (Lipinski definition) is 3. The highest BCUT2D eigenvalue weighted by Crippen LogP contribution is 2.28. The number of carbonyl (C=O) groups is 2. The molecule has 2 rings (SSSR count). The first-order valence-corrected chi connectivity index (χ1v) is 4.99. The number of rotatable bonds is 1. The molecule has 1 aliphatic rings. The molecule has 0 unspecified atom stereocenters. The minimum absolute atomic E-state index is 0.107. The Morgan fingerprint density at radius 1 is 1.44 bits per heavy atom. The van der Waals surface area contributed by atoms with Gasteiger partial charge in [0.25, 0.3) is 0 Å². The van der Waals surface area contributed by atoms with E-state index in [1.807, 2.05) is 13.8 Å².